The van der Waals surface area contributed by atoms with Crippen molar-refractivity contribution in [2.75, 3.05) is 7.11 Å². The average Bonchev–Trinajstić information content (AvgIpc) is 2.14. The molecule has 0 N–H and O–H groups in total. The Morgan fingerprint density at radius 1 is 1.43 bits per heavy atom. The van der Waals surface area contributed by atoms with E-state index in [0.717, 1.165) is 17.0 Å². The zero-order valence-corrected chi connectivity index (χ0v) is 9.00. The molecule has 14 heavy (non-hydrogen) atoms. The lowest BCUT2D eigenvalue weighted by atomic mass is 10.1. The third-order valence-corrected chi connectivity index (χ3v) is 2.12. The molecule has 0 fully saturated rings. The monoisotopic (exact) mass is 193 g/mol. The molecule has 0 amide bonds. The zero-order chi connectivity index (χ0) is 10.7. The fourth-order valence-corrected chi connectivity index (χ4v) is 1.39. The number of aromatic nitrogens is 1. The molecule has 1 aromatic heterocycles. The lowest BCUT2D eigenvalue weighted by Gasteiger charge is -2.09. The van der Waals surface area contributed by atoms with Crippen LogP contribution in [0.2, 0.25) is 0 Å². The van der Waals surface area contributed by atoms with Crippen molar-refractivity contribution < 1.29 is 9.53 Å². The number of rotatable bonds is 2. The molecule has 0 saturated heterocycles. The van der Waals surface area contributed by atoms with Crippen molar-refractivity contribution in [3.05, 3.63) is 29.1 Å². The first-order chi connectivity index (χ1) is 6.54. The second-order valence-corrected chi connectivity index (χ2v) is 3.46. The third kappa shape index (κ3) is 2.31. The first kappa shape index (κ1) is 10.7. The minimum Gasteiger partial charge on any atom is -0.469 e. The summed E-state index contributed by atoms with van der Waals surface area (Å²) in [4.78, 5) is 15.6. The lowest BCUT2D eigenvalue weighted by Crippen LogP contribution is -2.12. The molecule has 1 rings (SSSR count). The first-order valence-electron chi connectivity index (χ1n) is 4.57. The maximum Gasteiger partial charge on any atom is 0.314 e. The van der Waals surface area contributed by atoms with Crippen molar-refractivity contribution in [2.24, 2.45) is 0 Å². The number of aryl methyl sites for hydroxylation is 2. The van der Waals surface area contributed by atoms with Crippen molar-refractivity contribution in [3.63, 3.8) is 0 Å². The van der Waals surface area contributed by atoms with E-state index in [0.29, 0.717) is 0 Å². The van der Waals surface area contributed by atoms with E-state index < -0.39 is 0 Å². The van der Waals surface area contributed by atoms with E-state index in [1.165, 1.54) is 7.11 Å². The Bertz CT molecular complexity index is 327. The number of methoxy groups -OCH3 is 1. The van der Waals surface area contributed by atoms with Crippen molar-refractivity contribution in [2.45, 2.75) is 26.7 Å². The van der Waals surface area contributed by atoms with Gasteiger partial charge in [-0.05, 0) is 38.5 Å². The molecule has 0 bridgehead atoms. The van der Waals surface area contributed by atoms with E-state index in [1.807, 2.05) is 26.0 Å². The second kappa shape index (κ2) is 4.22. The number of ether oxygens (including phenoxy) is 1. The van der Waals surface area contributed by atoms with Crippen molar-refractivity contribution in [3.8, 4) is 0 Å². The number of esters is 1. The number of carbonyl (C=O) groups is 1. The van der Waals surface area contributed by atoms with E-state index in [-0.39, 0.29) is 11.9 Å². The summed E-state index contributed by atoms with van der Waals surface area (Å²) in [6, 6.07) is 3.89. The zero-order valence-electron chi connectivity index (χ0n) is 9.00. The maximum atomic E-state index is 11.3. The van der Waals surface area contributed by atoms with Crippen molar-refractivity contribution in [1.82, 2.24) is 4.98 Å². The van der Waals surface area contributed by atoms with Crippen LogP contribution >= 0.6 is 0 Å². The van der Waals surface area contributed by atoms with Crippen LogP contribution in [0.1, 0.15) is 29.8 Å². The van der Waals surface area contributed by atoms with Gasteiger partial charge < -0.3 is 4.74 Å². The van der Waals surface area contributed by atoms with Crippen LogP contribution in [0.25, 0.3) is 0 Å². The van der Waals surface area contributed by atoms with Crippen LogP contribution in [0.4, 0.5) is 0 Å². The fourth-order valence-electron chi connectivity index (χ4n) is 1.39. The summed E-state index contributed by atoms with van der Waals surface area (Å²) in [6.07, 6.45) is 0. The Morgan fingerprint density at radius 3 is 2.57 bits per heavy atom. The van der Waals surface area contributed by atoms with Gasteiger partial charge in [-0.3, -0.25) is 9.78 Å². The molecule has 1 unspecified atom stereocenters. The van der Waals surface area contributed by atoms with Crippen LogP contribution in [0, 0.1) is 13.8 Å². The highest BCUT2D eigenvalue weighted by atomic mass is 16.5. The van der Waals surface area contributed by atoms with Crippen LogP contribution in [0.3, 0.4) is 0 Å². The predicted molar refractivity (Wildman–Crippen MR) is 54.1 cm³/mol. The van der Waals surface area contributed by atoms with Crippen molar-refractivity contribution in [1.29, 1.82) is 0 Å². The van der Waals surface area contributed by atoms with E-state index in [9.17, 15) is 4.79 Å². The van der Waals surface area contributed by atoms with E-state index in [1.54, 1.807) is 6.92 Å². The molecule has 76 valence electrons. The summed E-state index contributed by atoms with van der Waals surface area (Å²) >= 11 is 0. The van der Waals surface area contributed by atoms with Gasteiger partial charge in [-0.25, -0.2) is 0 Å². The van der Waals surface area contributed by atoms with Crippen LogP contribution in [-0.4, -0.2) is 18.1 Å². The quantitative estimate of drug-likeness (QED) is 0.674. The molecule has 0 aliphatic carbocycles. The van der Waals surface area contributed by atoms with Gasteiger partial charge in [-0.15, -0.1) is 0 Å². The molecule has 0 spiro atoms. The maximum absolute atomic E-state index is 11.3. The highest BCUT2D eigenvalue weighted by Crippen LogP contribution is 2.16. The third-order valence-electron chi connectivity index (χ3n) is 2.12. The van der Waals surface area contributed by atoms with Gasteiger partial charge >= 0.3 is 5.97 Å². The number of carbonyl (C=O) groups excluding carboxylic acids is 1. The van der Waals surface area contributed by atoms with Crippen molar-refractivity contribution >= 4 is 5.97 Å². The van der Waals surface area contributed by atoms with E-state index in [2.05, 4.69) is 9.72 Å². The molecule has 3 heteroatoms. The Morgan fingerprint density at radius 2 is 2.07 bits per heavy atom. The summed E-state index contributed by atoms with van der Waals surface area (Å²) < 4.78 is 4.67. The molecule has 0 radical (unpaired) electrons. The standard InChI is InChI=1S/C11H15NO2/c1-7-5-8(2)12-10(6-7)9(3)11(13)14-4/h5-6,9H,1-4H3. The van der Waals surface area contributed by atoms with Gasteiger partial charge in [0.05, 0.1) is 18.7 Å². The molecule has 1 heterocycles. The smallest absolute Gasteiger partial charge is 0.314 e. The molecule has 0 aliphatic heterocycles. The molecule has 0 saturated carbocycles. The second-order valence-electron chi connectivity index (χ2n) is 3.46. The van der Waals surface area contributed by atoms with Gasteiger partial charge in [-0.2, -0.15) is 0 Å². The predicted octanol–water partition coefficient (Wildman–Crippen LogP) is 1.97. The topological polar surface area (TPSA) is 39.2 Å². The van der Waals surface area contributed by atoms with Crippen LogP contribution in [0.15, 0.2) is 12.1 Å². The molecule has 1 atom stereocenters. The number of nitrogens with zero attached hydrogens (tertiary/aromatic N) is 1. The van der Waals surface area contributed by atoms with Gasteiger partial charge in [0.1, 0.15) is 0 Å². The van der Waals surface area contributed by atoms with Gasteiger partial charge in [0.2, 0.25) is 0 Å². The number of hydrogen-bond donors (Lipinski definition) is 0. The summed E-state index contributed by atoms with van der Waals surface area (Å²) in [5, 5.41) is 0. The normalized spacial score (nSPS) is 12.3. The Hall–Kier alpha value is -1.38. The SMILES string of the molecule is COC(=O)C(C)c1cc(C)cc(C)n1. The van der Waals surface area contributed by atoms with Crippen LogP contribution in [0.5, 0.6) is 0 Å². The highest BCUT2D eigenvalue weighted by Gasteiger charge is 2.17. The highest BCUT2D eigenvalue weighted by molar-refractivity contribution is 5.76. The lowest BCUT2D eigenvalue weighted by molar-refractivity contribution is -0.142. The van der Waals surface area contributed by atoms with E-state index in [4.69, 9.17) is 0 Å². The molecule has 3 nitrogen and oxygen atoms in total. The van der Waals surface area contributed by atoms with Crippen LogP contribution < -0.4 is 0 Å². The summed E-state index contributed by atoms with van der Waals surface area (Å²) in [6.45, 7) is 5.70. The summed E-state index contributed by atoms with van der Waals surface area (Å²) in [7, 11) is 1.39. The van der Waals surface area contributed by atoms with Gasteiger partial charge in [0.25, 0.3) is 0 Å². The first-order valence-corrected chi connectivity index (χ1v) is 4.57. The molecule has 1 aromatic rings. The average molecular weight is 193 g/mol. The molecular formula is C11H15NO2. The Labute approximate surface area is 84.1 Å². The number of hydrogen-bond acceptors (Lipinski definition) is 3. The molecule has 0 aromatic carbocycles. The largest absolute Gasteiger partial charge is 0.469 e. The van der Waals surface area contributed by atoms with Gasteiger partial charge in [0, 0.05) is 5.69 Å². The Balaban J connectivity index is 3.00. The van der Waals surface area contributed by atoms with Gasteiger partial charge in [0.15, 0.2) is 0 Å². The minimum atomic E-state index is -0.293. The van der Waals surface area contributed by atoms with E-state index >= 15 is 0 Å². The Kier molecular flexibility index (Phi) is 3.23. The molecular weight excluding hydrogens is 178 g/mol. The molecule has 0 aliphatic rings. The fraction of sp³-hybridized carbons (Fsp3) is 0.455. The van der Waals surface area contributed by atoms with Crippen LogP contribution in [-0.2, 0) is 9.53 Å². The summed E-state index contributed by atoms with van der Waals surface area (Å²) in [5.74, 6) is -0.541. The minimum absolute atomic E-state index is 0.248. The summed E-state index contributed by atoms with van der Waals surface area (Å²) in [5.41, 5.74) is 2.81. The van der Waals surface area contributed by atoms with Gasteiger partial charge in [-0.1, -0.05) is 0 Å². The number of pyridine rings is 1.